The van der Waals surface area contributed by atoms with Crippen LogP contribution in [0.15, 0.2) is 12.7 Å². The summed E-state index contributed by atoms with van der Waals surface area (Å²) in [5, 5.41) is 10.9. The van der Waals surface area contributed by atoms with Crippen molar-refractivity contribution in [2.75, 3.05) is 18.0 Å². The Hall–Kier alpha value is -1.69. The monoisotopic (exact) mass is 315 g/mol. The highest BCUT2D eigenvalue weighted by molar-refractivity contribution is 5.83. The SMILES string of the molecule is CC1CCC(O)(Cn2cnc3c(N4CCCC4)ncnc32)CC1. The van der Waals surface area contributed by atoms with Crippen LogP contribution in [0, 0.1) is 5.92 Å². The Balaban J connectivity index is 1.62. The van der Waals surface area contributed by atoms with Gasteiger partial charge in [-0.1, -0.05) is 6.92 Å². The summed E-state index contributed by atoms with van der Waals surface area (Å²) in [5.74, 6) is 1.66. The molecule has 2 aromatic rings. The van der Waals surface area contributed by atoms with Crippen molar-refractivity contribution in [3.63, 3.8) is 0 Å². The fourth-order valence-corrected chi connectivity index (χ4v) is 3.92. The molecule has 1 saturated carbocycles. The molecule has 0 radical (unpaired) electrons. The first kappa shape index (κ1) is 14.9. The summed E-state index contributed by atoms with van der Waals surface area (Å²) in [5.41, 5.74) is 1.08. The molecule has 2 aromatic heterocycles. The first-order valence-corrected chi connectivity index (χ1v) is 8.78. The molecule has 0 amide bonds. The second-order valence-electron chi connectivity index (χ2n) is 7.34. The molecule has 6 nitrogen and oxygen atoms in total. The van der Waals surface area contributed by atoms with Crippen molar-refractivity contribution in [3.05, 3.63) is 12.7 Å². The normalized spacial score (nSPS) is 28.6. The van der Waals surface area contributed by atoms with E-state index in [0.29, 0.717) is 6.54 Å². The Bertz CT molecular complexity index is 683. The van der Waals surface area contributed by atoms with Crippen LogP contribution >= 0.6 is 0 Å². The quantitative estimate of drug-likeness (QED) is 0.942. The van der Waals surface area contributed by atoms with Gasteiger partial charge in [-0.3, -0.25) is 0 Å². The zero-order valence-corrected chi connectivity index (χ0v) is 13.8. The molecule has 124 valence electrons. The second-order valence-corrected chi connectivity index (χ2v) is 7.34. The number of rotatable bonds is 3. The summed E-state index contributed by atoms with van der Waals surface area (Å²) in [6.07, 6.45) is 9.77. The van der Waals surface area contributed by atoms with Crippen molar-refractivity contribution >= 4 is 17.0 Å². The maximum atomic E-state index is 10.9. The van der Waals surface area contributed by atoms with Crippen molar-refractivity contribution in [2.45, 2.75) is 57.6 Å². The average molecular weight is 315 g/mol. The highest BCUT2D eigenvalue weighted by Gasteiger charge is 2.33. The molecule has 4 rings (SSSR count). The van der Waals surface area contributed by atoms with E-state index in [4.69, 9.17) is 0 Å². The fourth-order valence-electron chi connectivity index (χ4n) is 3.92. The van der Waals surface area contributed by atoms with Crippen LogP contribution < -0.4 is 4.90 Å². The molecule has 1 aliphatic heterocycles. The number of nitrogens with zero attached hydrogens (tertiary/aromatic N) is 5. The van der Waals surface area contributed by atoms with E-state index < -0.39 is 5.60 Å². The predicted octanol–water partition coefficient (Wildman–Crippen LogP) is 2.37. The molecule has 3 heterocycles. The predicted molar refractivity (Wildman–Crippen MR) is 89.4 cm³/mol. The van der Waals surface area contributed by atoms with Gasteiger partial charge < -0.3 is 14.6 Å². The molecule has 6 heteroatoms. The fraction of sp³-hybridized carbons (Fsp3) is 0.706. The van der Waals surface area contributed by atoms with E-state index in [1.54, 1.807) is 6.33 Å². The van der Waals surface area contributed by atoms with E-state index >= 15 is 0 Å². The standard InChI is InChI=1S/C17H25N5O/c1-13-4-6-17(23,7-5-13)10-22-12-20-14-15(18-11-19-16(14)22)21-8-2-3-9-21/h11-13,23H,2-10H2,1H3. The van der Waals surface area contributed by atoms with Crippen LogP contribution in [-0.4, -0.2) is 43.3 Å². The lowest BCUT2D eigenvalue weighted by atomic mass is 9.79. The molecule has 1 saturated heterocycles. The van der Waals surface area contributed by atoms with Crippen LogP contribution in [0.4, 0.5) is 5.82 Å². The van der Waals surface area contributed by atoms with Crippen LogP contribution in [0.3, 0.4) is 0 Å². The summed E-state index contributed by atoms with van der Waals surface area (Å²) in [6, 6.07) is 0. The minimum Gasteiger partial charge on any atom is -0.388 e. The Morgan fingerprint density at radius 3 is 2.65 bits per heavy atom. The van der Waals surface area contributed by atoms with Gasteiger partial charge in [0.1, 0.15) is 6.33 Å². The summed E-state index contributed by atoms with van der Waals surface area (Å²) in [6.45, 7) is 4.93. The molecule has 23 heavy (non-hydrogen) atoms. The highest BCUT2D eigenvalue weighted by atomic mass is 16.3. The van der Waals surface area contributed by atoms with Gasteiger partial charge in [-0.25, -0.2) is 15.0 Å². The van der Waals surface area contributed by atoms with Crippen LogP contribution in [0.1, 0.15) is 45.4 Å². The first-order valence-electron chi connectivity index (χ1n) is 8.78. The Kier molecular flexibility index (Phi) is 3.71. The number of imidazole rings is 1. The lowest BCUT2D eigenvalue weighted by Crippen LogP contribution is -2.37. The third-order valence-electron chi connectivity index (χ3n) is 5.46. The van der Waals surface area contributed by atoms with Gasteiger partial charge in [-0.2, -0.15) is 0 Å². The van der Waals surface area contributed by atoms with Crippen molar-refractivity contribution in [3.8, 4) is 0 Å². The summed E-state index contributed by atoms with van der Waals surface area (Å²) in [4.78, 5) is 15.7. The van der Waals surface area contributed by atoms with Gasteiger partial charge in [-0.05, 0) is 44.4 Å². The van der Waals surface area contributed by atoms with Crippen molar-refractivity contribution in [2.24, 2.45) is 5.92 Å². The van der Waals surface area contributed by atoms with Crippen LogP contribution in [0.5, 0.6) is 0 Å². The Morgan fingerprint density at radius 1 is 1.17 bits per heavy atom. The molecular weight excluding hydrogens is 290 g/mol. The molecule has 1 N–H and O–H groups in total. The van der Waals surface area contributed by atoms with Crippen molar-refractivity contribution in [1.29, 1.82) is 0 Å². The summed E-state index contributed by atoms with van der Waals surface area (Å²) in [7, 11) is 0. The van der Waals surface area contributed by atoms with Crippen LogP contribution in [-0.2, 0) is 6.54 Å². The van der Waals surface area contributed by atoms with Gasteiger partial charge in [0.15, 0.2) is 17.0 Å². The molecule has 0 unspecified atom stereocenters. The highest BCUT2D eigenvalue weighted by Crippen LogP contribution is 2.34. The lowest BCUT2D eigenvalue weighted by Gasteiger charge is -2.35. The molecule has 0 aromatic carbocycles. The molecule has 0 spiro atoms. The third-order valence-corrected chi connectivity index (χ3v) is 5.46. The van der Waals surface area contributed by atoms with E-state index in [-0.39, 0.29) is 0 Å². The van der Waals surface area contributed by atoms with E-state index in [1.807, 2.05) is 10.9 Å². The number of aromatic nitrogens is 4. The third kappa shape index (κ3) is 2.80. The van der Waals surface area contributed by atoms with Crippen molar-refractivity contribution < 1.29 is 5.11 Å². The molecule has 2 aliphatic rings. The van der Waals surface area contributed by atoms with E-state index in [0.717, 1.165) is 61.7 Å². The van der Waals surface area contributed by atoms with Gasteiger partial charge >= 0.3 is 0 Å². The molecule has 0 atom stereocenters. The maximum absolute atomic E-state index is 10.9. The smallest absolute Gasteiger partial charge is 0.165 e. The van der Waals surface area contributed by atoms with Crippen LogP contribution in [0.2, 0.25) is 0 Å². The Morgan fingerprint density at radius 2 is 1.91 bits per heavy atom. The van der Waals surface area contributed by atoms with Gasteiger partial charge in [0, 0.05) is 13.1 Å². The van der Waals surface area contributed by atoms with E-state index in [9.17, 15) is 5.11 Å². The average Bonchev–Trinajstić information content (AvgIpc) is 3.21. The largest absolute Gasteiger partial charge is 0.388 e. The number of hydrogen-bond donors (Lipinski definition) is 1. The van der Waals surface area contributed by atoms with Gasteiger partial charge in [0.25, 0.3) is 0 Å². The van der Waals surface area contributed by atoms with Crippen LogP contribution in [0.25, 0.3) is 11.2 Å². The zero-order chi connectivity index (χ0) is 15.9. The Labute approximate surface area is 136 Å². The summed E-state index contributed by atoms with van der Waals surface area (Å²) >= 11 is 0. The topological polar surface area (TPSA) is 67.1 Å². The first-order chi connectivity index (χ1) is 11.1. The minimum atomic E-state index is -0.626. The number of aliphatic hydroxyl groups is 1. The molecule has 0 bridgehead atoms. The lowest BCUT2D eigenvalue weighted by molar-refractivity contribution is -0.0210. The maximum Gasteiger partial charge on any atom is 0.165 e. The van der Waals surface area contributed by atoms with Gasteiger partial charge in [-0.15, -0.1) is 0 Å². The molecule has 2 fully saturated rings. The number of anilines is 1. The molecular formula is C17H25N5O. The number of hydrogen-bond acceptors (Lipinski definition) is 5. The second kappa shape index (κ2) is 5.74. The zero-order valence-electron chi connectivity index (χ0n) is 13.8. The summed E-state index contributed by atoms with van der Waals surface area (Å²) < 4.78 is 2.01. The van der Waals surface area contributed by atoms with E-state index in [1.165, 1.54) is 12.8 Å². The van der Waals surface area contributed by atoms with Gasteiger partial charge in [0.2, 0.25) is 0 Å². The van der Waals surface area contributed by atoms with Crippen molar-refractivity contribution in [1.82, 2.24) is 19.5 Å². The molecule has 1 aliphatic carbocycles. The van der Waals surface area contributed by atoms with E-state index in [2.05, 4.69) is 26.8 Å². The number of fused-ring (bicyclic) bond motifs is 1. The van der Waals surface area contributed by atoms with Gasteiger partial charge in [0.05, 0.1) is 18.5 Å². The minimum absolute atomic E-state index is 0.576.